The van der Waals surface area contributed by atoms with Gasteiger partial charge >= 0.3 is 11.9 Å². The first-order chi connectivity index (χ1) is 6.67. The van der Waals surface area contributed by atoms with Gasteiger partial charge in [-0.15, -0.1) is 0 Å². The van der Waals surface area contributed by atoms with Gasteiger partial charge in [0.15, 0.2) is 0 Å². The summed E-state index contributed by atoms with van der Waals surface area (Å²) in [6.07, 6.45) is 0. The average Bonchev–Trinajstić information content (AvgIpc) is 2.14. The molecule has 0 N–H and O–H groups in total. The van der Waals surface area contributed by atoms with Crippen LogP contribution in [0.2, 0.25) is 0 Å². The minimum absolute atomic E-state index is 0.187. The Morgan fingerprint density at radius 2 is 1.64 bits per heavy atom. The van der Waals surface area contributed by atoms with E-state index in [9.17, 15) is 9.59 Å². The summed E-state index contributed by atoms with van der Waals surface area (Å²) >= 11 is 0. The van der Waals surface area contributed by atoms with E-state index in [1.165, 1.54) is 0 Å². The minimum atomic E-state index is -1.10. The highest BCUT2D eigenvalue weighted by Crippen LogP contribution is 2.04. The average molecular weight is 199 g/mol. The standard InChI is InChI=1S/C9H13NO4/c1-4-13-8(11)7(6-10-3)9(12)14-5-2/h7H,4-6H2,1-2H3. The molecule has 0 amide bonds. The van der Waals surface area contributed by atoms with Crippen molar-refractivity contribution in [1.82, 2.24) is 0 Å². The van der Waals surface area contributed by atoms with E-state index in [-0.39, 0.29) is 19.8 Å². The number of hydrogen-bond donors (Lipinski definition) is 0. The van der Waals surface area contributed by atoms with E-state index in [0.29, 0.717) is 0 Å². The Hall–Kier alpha value is -1.57. The summed E-state index contributed by atoms with van der Waals surface area (Å²) in [5.74, 6) is -2.49. The van der Waals surface area contributed by atoms with Crippen LogP contribution in [0.5, 0.6) is 0 Å². The molecule has 0 spiro atoms. The van der Waals surface area contributed by atoms with Gasteiger partial charge in [0.1, 0.15) is 0 Å². The molecule has 0 atom stereocenters. The largest absolute Gasteiger partial charge is 0.465 e. The zero-order valence-electron chi connectivity index (χ0n) is 8.28. The molecule has 0 aliphatic heterocycles. The molecule has 5 heteroatoms. The van der Waals surface area contributed by atoms with Gasteiger partial charge in [-0.3, -0.25) is 9.59 Å². The maximum absolute atomic E-state index is 11.2. The lowest BCUT2D eigenvalue weighted by Crippen LogP contribution is -2.30. The Bertz CT molecular complexity index is 226. The molecule has 0 unspecified atom stereocenters. The van der Waals surface area contributed by atoms with Crippen LogP contribution < -0.4 is 0 Å². The number of rotatable bonds is 5. The van der Waals surface area contributed by atoms with Crippen molar-refractivity contribution in [3.05, 3.63) is 11.4 Å². The normalized spacial score (nSPS) is 9.29. The van der Waals surface area contributed by atoms with Crippen LogP contribution in [0.1, 0.15) is 13.8 Å². The summed E-state index contributed by atoms with van der Waals surface area (Å²) in [6, 6.07) is 0. The SMILES string of the molecule is [C-]#[N+]CC(C(=O)OCC)C(=O)OCC. The van der Waals surface area contributed by atoms with Crippen LogP contribution in [0.3, 0.4) is 0 Å². The smallest absolute Gasteiger partial charge is 0.328 e. The van der Waals surface area contributed by atoms with Gasteiger partial charge in [-0.25, -0.2) is 6.57 Å². The predicted octanol–water partition coefficient (Wildman–Crippen LogP) is 0.648. The van der Waals surface area contributed by atoms with Crippen molar-refractivity contribution < 1.29 is 19.1 Å². The van der Waals surface area contributed by atoms with Gasteiger partial charge in [0.25, 0.3) is 0 Å². The number of nitrogens with zero attached hydrogens (tertiary/aromatic N) is 1. The molecule has 5 nitrogen and oxygen atoms in total. The molecule has 0 rings (SSSR count). The van der Waals surface area contributed by atoms with Gasteiger partial charge in [0.2, 0.25) is 12.5 Å². The second kappa shape index (κ2) is 6.89. The first kappa shape index (κ1) is 12.4. The topological polar surface area (TPSA) is 57.0 Å². The van der Waals surface area contributed by atoms with E-state index in [1.54, 1.807) is 13.8 Å². The molecule has 14 heavy (non-hydrogen) atoms. The van der Waals surface area contributed by atoms with Crippen LogP contribution in [0.15, 0.2) is 0 Å². The Balaban J connectivity index is 4.35. The molecule has 78 valence electrons. The molecule has 0 aromatic carbocycles. The molecule has 0 aliphatic carbocycles. The fourth-order valence-corrected chi connectivity index (χ4v) is 0.822. The third kappa shape index (κ3) is 3.90. The monoisotopic (exact) mass is 199 g/mol. The molecule has 0 aromatic rings. The summed E-state index contributed by atoms with van der Waals surface area (Å²) in [6.45, 7) is 10.0. The first-order valence-corrected chi connectivity index (χ1v) is 4.33. The van der Waals surface area contributed by atoms with E-state index < -0.39 is 17.9 Å². The molecule has 0 aromatic heterocycles. The molecule has 0 radical (unpaired) electrons. The Kier molecular flexibility index (Phi) is 6.12. The highest BCUT2D eigenvalue weighted by atomic mass is 16.6. The summed E-state index contributed by atoms with van der Waals surface area (Å²) < 4.78 is 9.28. The highest BCUT2D eigenvalue weighted by Gasteiger charge is 2.32. The highest BCUT2D eigenvalue weighted by molar-refractivity contribution is 5.95. The maximum Gasteiger partial charge on any atom is 0.328 e. The number of ether oxygens (including phenoxy) is 2. The Morgan fingerprint density at radius 3 is 1.93 bits per heavy atom. The van der Waals surface area contributed by atoms with Crippen molar-refractivity contribution in [2.24, 2.45) is 5.92 Å². The predicted molar refractivity (Wildman–Crippen MR) is 48.2 cm³/mol. The quantitative estimate of drug-likeness (QED) is 0.370. The van der Waals surface area contributed by atoms with Gasteiger partial charge in [0.05, 0.1) is 13.2 Å². The molecule has 0 heterocycles. The second-order valence-electron chi connectivity index (χ2n) is 2.40. The lowest BCUT2D eigenvalue weighted by molar-refractivity contribution is -0.160. The summed E-state index contributed by atoms with van der Waals surface area (Å²) in [5.41, 5.74) is 0. The molecular weight excluding hydrogens is 186 g/mol. The lowest BCUT2D eigenvalue weighted by atomic mass is 10.1. The number of carbonyl (C=O) groups is 2. The molecule has 0 bridgehead atoms. The van der Waals surface area contributed by atoms with Crippen molar-refractivity contribution >= 4 is 11.9 Å². The van der Waals surface area contributed by atoms with E-state index in [2.05, 4.69) is 14.3 Å². The van der Waals surface area contributed by atoms with Crippen LogP contribution in [0.4, 0.5) is 0 Å². The zero-order chi connectivity index (χ0) is 11.0. The molecular formula is C9H13NO4. The molecule has 0 aliphatic rings. The fourth-order valence-electron chi connectivity index (χ4n) is 0.822. The van der Waals surface area contributed by atoms with E-state index in [0.717, 1.165) is 0 Å². The number of hydrogen-bond acceptors (Lipinski definition) is 4. The van der Waals surface area contributed by atoms with Crippen molar-refractivity contribution in [3.8, 4) is 0 Å². The van der Waals surface area contributed by atoms with Crippen molar-refractivity contribution in [1.29, 1.82) is 0 Å². The Labute approximate surface area is 82.8 Å². The van der Waals surface area contributed by atoms with Gasteiger partial charge in [-0.1, -0.05) is 0 Å². The third-order valence-electron chi connectivity index (χ3n) is 1.42. The van der Waals surface area contributed by atoms with E-state index in [1.807, 2.05) is 0 Å². The van der Waals surface area contributed by atoms with Crippen LogP contribution in [0.25, 0.3) is 4.85 Å². The van der Waals surface area contributed by atoms with Crippen LogP contribution in [0, 0.1) is 12.5 Å². The van der Waals surface area contributed by atoms with E-state index in [4.69, 9.17) is 6.57 Å². The van der Waals surface area contributed by atoms with Crippen molar-refractivity contribution in [3.63, 3.8) is 0 Å². The van der Waals surface area contributed by atoms with Crippen LogP contribution >= 0.6 is 0 Å². The van der Waals surface area contributed by atoms with Crippen molar-refractivity contribution in [2.45, 2.75) is 13.8 Å². The summed E-state index contributed by atoms with van der Waals surface area (Å²) in [7, 11) is 0. The Morgan fingerprint density at radius 1 is 1.21 bits per heavy atom. The first-order valence-electron chi connectivity index (χ1n) is 4.33. The van der Waals surface area contributed by atoms with Crippen molar-refractivity contribution in [2.75, 3.05) is 19.8 Å². The van der Waals surface area contributed by atoms with Crippen LogP contribution in [-0.4, -0.2) is 31.7 Å². The fraction of sp³-hybridized carbons (Fsp3) is 0.667. The van der Waals surface area contributed by atoms with Gasteiger partial charge < -0.3 is 14.3 Å². The third-order valence-corrected chi connectivity index (χ3v) is 1.42. The zero-order valence-corrected chi connectivity index (χ0v) is 8.28. The minimum Gasteiger partial charge on any atom is -0.465 e. The second-order valence-corrected chi connectivity index (χ2v) is 2.40. The van der Waals surface area contributed by atoms with Crippen LogP contribution in [-0.2, 0) is 19.1 Å². The van der Waals surface area contributed by atoms with Gasteiger partial charge in [-0.05, 0) is 13.8 Å². The van der Waals surface area contributed by atoms with Gasteiger partial charge in [0, 0.05) is 0 Å². The molecule has 0 fully saturated rings. The summed E-state index contributed by atoms with van der Waals surface area (Å²) in [5, 5.41) is 0. The molecule has 0 saturated carbocycles. The number of carbonyl (C=O) groups excluding carboxylic acids is 2. The lowest BCUT2D eigenvalue weighted by Gasteiger charge is -2.08. The maximum atomic E-state index is 11.2. The van der Waals surface area contributed by atoms with Gasteiger partial charge in [-0.2, -0.15) is 0 Å². The van der Waals surface area contributed by atoms with E-state index >= 15 is 0 Å². The molecule has 0 saturated heterocycles. The number of esters is 2. The summed E-state index contributed by atoms with van der Waals surface area (Å²) in [4.78, 5) is 25.4.